The van der Waals surface area contributed by atoms with E-state index in [2.05, 4.69) is 11.8 Å². The molecule has 5 heteroatoms. The molecule has 5 nitrogen and oxygen atoms in total. The van der Waals surface area contributed by atoms with E-state index in [0.717, 1.165) is 52.2 Å². The highest BCUT2D eigenvalue weighted by molar-refractivity contribution is 5.79. The van der Waals surface area contributed by atoms with E-state index in [9.17, 15) is 4.79 Å². The quantitative estimate of drug-likeness (QED) is 0.770. The first-order valence-electron chi connectivity index (χ1n) is 9.94. The fourth-order valence-corrected chi connectivity index (χ4v) is 4.37. The fraction of sp³-hybridized carbons (Fsp3) is 0.947. The molecule has 0 spiro atoms. The summed E-state index contributed by atoms with van der Waals surface area (Å²) < 4.78 is 11.5. The van der Waals surface area contributed by atoms with Crippen LogP contribution in [0.4, 0.5) is 0 Å². The molecule has 1 saturated carbocycles. The summed E-state index contributed by atoms with van der Waals surface area (Å²) in [4.78, 5) is 17.1. The average molecular weight is 338 g/mol. The lowest BCUT2D eigenvalue weighted by Gasteiger charge is -2.36. The van der Waals surface area contributed by atoms with Crippen molar-refractivity contribution in [1.29, 1.82) is 0 Å². The van der Waals surface area contributed by atoms with Gasteiger partial charge in [-0.15, -0.1) is 0 Å². The zero-order chi connectivity index (χ0) is 16.8. The van der Waals surface area contributed by atoms with Gasteiger partial charge >= 0.3 is 0 Å². The van der Waals surface area contributed by atoms with E-state index in [1.807, 2.05) is 4.90 Å². The molecule has 2 saturated heterocycles. The molecular weight excluding hydrogens is 304 g/mol. The van der Waals surface area contributed by atoms with Crippen molar-refractivity contribution in [3.05, 3.63) is 0 Å². The van der Waals surface area contributed by atoms with Crippen molar-refractivity contribution in [2.75, 3.05) is 52.5 Å². The molecular formula is C19H34N2O3. The van der Waals surface area contributed by atoms with Gasteiger partial charge in [0.25, 0.3) is 0 Å². The predicted octanol–water partition coefficient (Wildman–Crippen LogP) is 2.15. The third kappa shape index (κ3) is 4.93. The minimum Gasteiger partial charge on any atom is -0.378 e. The predicted molar refractivity (Wildman–Crippen MR) is 93.9 cm³/mol. The van der Waals surface area contributed by atoms with Crippen molar-refractivity contribution in [2.24, 2.45) is 11.8 Å². The molecule has 0 aromatic carbocycles. The van der Waals surface area contributed by atoms with Crippen molar-refractivity contribution in [2.45, 2.75) is 51.6 Å². The number of carbonyl (C=O) groups excluding carboxylic acids is 1. The Morgan fingerprint density at radius 2 is 1.88 bits per heavy atom. The Morgan fingerprint density at radius 3 is 2.67 bits per heavy atom. The van der Waals surface area contributed by atoms with Crippen LogP contribution in [-0.2, 0) is 14.3 Å². The molecule has 3 atom stereocenters. The summed E-state index contributed by atoms with van der Waals surface area (Å²) in [5, 5.41) is 0. The first-order chi connectivity index (χ1) is 11.7. The van der Waals surface area contributed by atoms with Gasteiger partial charge in [0, 0.05) is 26.2 Å². The molecule has 0 bridgehead atoms. The lowest BCUT2D eigenvalue weighted by molar-refractivity contribution is -0.141. The van der Waals surface area contributed by atoms with Gasteiger partial charge in [-0.05, 0) is 38.1 Å². The molecule has 3 fully saturated rings. The first kappa shape index (κ1) is 18.2. The molecule has 0 unspecified atom stereocenters. The van der Waals surface area contributed by atoms with Gasteiger partial charge in [0.1, 0.15) is 0 Å². The Labute approximate surface area is 146 Å². The van der Waals surface area contributed by atoms with Crippen LogP contribution in [-0.4, -0.2) is 74.4 Å². The third-order valence-electron chi connectivity index (χ3n) is 5.95. The molecule has 1 aliphatic carbocycles. The SMILES string of the molecule is C[C@@H]1CCCC[C@H]1OCCN1CCC[C@H](C(=O)N2CCOCC2)C1. The number of amides is 1. The standard InChI is InChI=1S/C19H34N2O3/c1-16-5-2-3-7-18(16)24-14-9-20-8-4-6-17(15-20)19(22)21-10-12-23-13-11-21/h16-18H,2-15H2,1H3/t16-,17+,18-/m1/s1. The van der Waals surface area contributed by atoms with E-state index in [0.29, 0.717) is 31.1 Å². The zero-order valence-electron chi connectivity index (χ0n) is 15.3. The molecule has 1 amide bonds. The van der Waals surface area contributed by atoms with Crippen LogP contribution in [0.25, 0.3) is 0 Å². The van der Waals surface area contributed by atoms with Crippen LogP contribution in [0.2, 0.25) is 0 Å². The highest BCUT2D eigenvalue weighted by Gasteiger charge is 2.30. The summed E-state index contributed by atoms with van der Waals surface area (Å²) >= 11 is 0. The molecule has 138 valence electrons. The summed E-state index contributed by atoms with van der Waals surface area (Å²) in [6.45, 7) is 9.02. The van der Waals surface area contributed by atoms with Crippen molar-refractivity contribution >= 4 is 5.91 Å². The maximum atomic E-state index is 12.7. The van der Waals surface area contributed by atoms with Crippen LogP contribution >= 0.6 is 0 Å². The number of rotatable bonds is 5. The zero-order valence-corrected chi connectivity index (χ0v) is 15.3. The van der Waals surface area contributed by atoms with Gasteiger partial charge in [-0.25, -0.2) is 0 Å². The van der Waals surface area contributed by atoms with E-state index in [1.165, 1.54) is 25.7 Å². The lowest BCUT2D eigenvalue weighted by Crippen LogP contribution is -2.48. The van der Waals surface area contributed by atoms with Crippen LogP contribution in [0.15, 0.2) is 0 Å². The molecule has 2 heterocycles. The fourth-order valence-electron chi connectivity index (χ4n) is 4.37. The van der Waals surface area contributed by atoms with Gasteiger partial charge in [-0.2, -0.15) is 0 Å². The van der Waals surface area contributed by atoms with Gasteiger partial charge in [0.2, 0.25) is 5.91 Å². The normalized spacial score (nSPS) is 32.7. The minimum absolute atomic E-state index is 0.172. The maximum Gasteiger partial charge on any atom is 0.227 e. The van der Waals surface area contributed by atoms with E-state index in [1.54, 1.807) is 0 Å². The van der Waals surface area contributed by atoms with Crippen LogP contribution in [0.3, 0.4) is 0 Å². The number of ether oxygens (including phenoxy) is 2. The number of likely N-dealkylation sites (tertiary alicyclic amines) is 1. The molecule has 0 aromatic heterocycles. The van der Waals surface area contributed by atoms with Crippen molar-refractivity contribution < 1.29 is 14.3 Å². The van der Waals surface area contributed by atoms with Gasteiger partial charge in [0.05, 0.1) is 31.8 Å². The van der Waals surface area contributed by atoms with Crippen molar-refractivity contribution in [3.8, 4) is 0 Å². The van der Waals surface area contributed by atoms with Crippen LogP contribution in [0, 0.1) is 11.8 Å². The Hall–Kier alpha value is -0.650. The Balaban J connectivity index is 1.39. The number of nitrogens with zero attached hydrogens (tertiary/aromatic N) is 2. The third-order valence-corrected chi connectivity index (χ3v) is 5.95. The number of hydrogen-bond acceptors (Lipinski definition) is 4. The van der Waals surface area contributed by atoms with E-state index in [-0.39, 0.29) is 5.92 Å². The molecule has 3 rings (SSSR count). The van der Waals surface area contributed by atoms with Gasteiger partial charge in [-0.3, -0.25) is 4.79 Å². The average Bonchev–Trinajstić information content (AvgIpc) is 2.64. The second-order valence-corrected chi connectivity index (χ2v) is 7.75. The Bertz CT molecular complexity index is 398. The number of morpholine rings is 1. The first-order valence-corrected chi connectivity index (χ1v) is 9.94. The van der Waals surface area contributed by atoms with Gasteiger partial charge in [0.15, 0.2) is 0 Å². The van der Waals surface area contributed by atoms with E-state index in [4.69, 9.17) is 9.47 Å². The number of piperidine rings is 1. The monoisotopic (exact) mass is 338 g/mol. The molecule has 0 N–H and O–H groups in total. The summed E-state index contributed by atoms with van der Waals surface area (Å²) in [6, 6.07) is 0. The summed E-state index contributed by atoms with van der Waals surface area (Å²) in [7, 11) is 0. The second kappa shape index (κ2) is 9.16. The summed E-state index contributed by atoms with van der Waals surface area (Å²) in [5.74, 6) is 1.21. The molecule has 0 aromatic rings. The second-order valence-electron chi connectivity index (χ2n) is 7.75. The maximum absolute atomic E-state index is 12.7. The van der Waals surface area contributed by atoms with E-state index < -0.39 is 0 Å². The topological polar surface area (TPSA) is 42.0 Å². The minimum atomic E-state index is 0.172. The lowest BCUT2D eigenvalue weighted by atomic mass is 9.88. The van der Waals surface area contributed by atoms with Crippen molar-refractivity contribution in [1.82, 2.24) is 9.80 Å². The van der Waals surface area contributed by atoms with Crippen molar-refractivity contribution in [3.63, 3.8) is 0 Å². The number of hydrogen-bond donors (Lipinski definition) is 0. The molecule has 3 aliphatic rings. The molecule has 0 radical (unpaired) electrons. The highest BCUT2D eigenvalue weighted by Crippen LogP contribution is 2.26. The molecule has 2 aliphatic heterocycles. The number of carbonyl (C=O) groups is 1. The smallest absolute Gasteiger partial charge is 0.227 e. The Kier molecular flexibility index (Phi) is 6.93. The van der Waals surface area contributed by atoms with E-state index >= 15 is 0 Å². The summed E-state index contributed by atoms with van der Waals surface area (Å²) in [5.41, 5.74) is 0. The molecule has 24 heavy (non-hydrogen) atoms. The largest absolute Gasteiger partial charge is 0.378 e. The Morgan fingerprint density at radius 1 is 1.08 bits per heavy atom. The van der Waals surface area contributed by atoms with Gasteiger partial charge < -0.3 is 19.3 Å². The summed E-state index contributed by atoms with van der Waals surface area (Å²) in [6.07, 6.45) is 7.82. The van der Waals surface area contributed by atoms with Crippen LogP contribution in [0.5, 0.6) is 0 Å². The van der Waals surface area contributed by atoms with Crippen LogP contribution < -0.4 is 0 Å². The van der Waals surface area contributed by atoms with Gasteiger partial charge in [-0.1, -0.05) is 19.8 Å². The van der Waals surface area contributed by atoms with Crippen LogP contribution in [0.1, 0.15) is 45.4 Å². The highest BCUT2D eigenvalue weighted by atomic mass is 16.5.